The van der Waals surface area contributed by atoms with Crippen molar-refractivity contribution in [3.05, 3.63) is 12.3 Å². The summed E-state index contributed by atoms with van der Waals surface area (Å²) in [7, 11) is 0. The lowest BCUT2D eigenvalue weighted by molar-refractivity contribution is 0.693. The Morgan fingerprint density at radius 2 is 2.50 bits per heavy atom. The van der Waals surface area contributed by atoms with E-state index in [2.05, 4.69) is 43.8 Å². The van der Waals surface area contributed by atoms with E-state index in [-0.39, 0.29) is 0 Å². The lowest BCUT2D eigenvalue weighted by Crippen LogP contribution is -2.05. The molecule has 0 aliphatic carbocycles. The molecule has 0 radical (unpaired) electrons. The van der Waals surface area contributed by atoms with Gasteiger partial charge in [0.2, 0.25) is 0 Å². The fourth-order valence-electron chi connectivity index (χ4n) is 0.369. The van der Waals surface area contributed by atoms with Crippen molar-refractivity contribution in [2.24, 2.45) is 5.10 Å². The average molecular weight is 287 g/mol. The van der Waals surface area contributed by atoms with Crippen LogP contribution in [0.15, 0.2) is 17.4 Å². The zero-order chi connectivity index (χ0) is 5.98. The Hall–Kier alpha value is 0.420. The number of hydrazone groups is 1. The molecule has 0 bridgehead atoms. The number of hydrogen-bond acceptors (Lipinski definition) is 2. The number of rotatable bonds is 0. The van der Waals surface area contributed by atoms with E-state index < -0.39 is 0 Å². The van der Waals surface area contributed by atoms with Crippen molar-refractivity contribution in [1.29, 1.82) is 0 Å². The third-order valence-electron chi connectivity index (χ3n) is 0.712. The summed E-state index contributed by atoms with van der Waals surface area (Å²) in [6, 6.07) is 0. The summed E-state index contributed by atoms with van der Waals surface area (Å²) in [6.45, 7) is 0. The van der Waals surface area contributed by atoms with Crippen LogP contribution in [-0.2, 0) is 0 Å². The molecule has 0 saturated carbocycles. The van der Waals surface area contributed by atoms with Crippen LogP contribution >= 0.6 is 38.7 Å². The number of halogens is 2. The van der Waals surface area contributed by atoms with Gasteiger partial charge in [0.15, 0.2) is 0 Å². The van der Waals surface area contributed by atoms with Crippen LogP contribution < -0.4 is 0 Å². The molecule has 1 aliphatic heterocycles. The number of alkyl halides is 1. The first-order chi connectivity index (χ1) is 3.79. The minimum atomic E-state index is 0.446. The summed E-state index contributed by atoms with van der Waals surface area (Å²) < 4.78 is 2.05. The van der Waals surface area contributed by atoms with E-state index in [1.165, 1.54) is 0 Å². The largest absolute Gasteiger partial charge is 0.206 e. The van der Waals surface area contributed by atoms with Gasteiger partial charge in [0.25, 0.3) is 0 Å². The van der Waals surface area contributed by atoms with Gasteiger partial charge in [-0.15, -0.1) is 0 Å². The van der Waals surface area contributed by atoms with Crippen LogP contribution in [0.2, 0.25) is 0 Å². The van der Waals surface area contributed by atoms with Crippen LogP contribution in [0.5, 0.6) is 0 Å². The highest BCUT2D eigenvalue weighted by Gasteiger charge is 1.99. The van der Waals surface area contributed by atoms with Crippen molar-refractivity contribution in [3.8, 4) is 0 Å². The van der Waals surface area contributed by atoms with Crippen molar-refractivity contribution in [2.75, 3.05) is 0 Å². The predicted molar refractivity (Wildman–Crippen MR) is 46.2 cm³/mol. The summed E-state index contributed by atoms with van der Waals surface area (Å²) in [4.78, 5) is 0. The van der Waals surface area contributed by atoms with Gasteiger partial charge in [-0.2, -0.15) is 5.10 Å². The Labute approximate surface area is 70.1 Å². The topological polar surface area (TPSA) is 15.6 Å². The second-order valence-corrected chi connectivity index (χ2v) is 3.50. The predicted octanol–water partition coefficient (Wildman–Crippen LogP) is 1.92. The molecule has 0 N–H and O–H groups in total. The highest BCUT2D eigenvalue weighted by Crippen LogP contribution is 2.09. The lowest BCUT2D eigenvalue weighted by Gasteiger charge is -2.08. The van der Waals surface area contributed by atoms with Gasteiger partial charge in [0.1, 0.15) is 0 Å². The molecule has 1 unspecified atom stereocenters. The molecule has 0 spiro atoms. The molecule has 8 heavy (non-hydrogen) atoms. The first-order valence-electron chi connectivity index (χ1n) is 2.10. The zero-order valence-electron chi connectivity index (χ0n) is 3.96. The molecule has 0 aromatic rings. The van der Waals surface area contributed by atoms with Crippen LogP contribution in [0.25, 0.3) is 0 Å². The molecule has 1 rings (SSSR count). The number of nitrogens with zero attached hydrogens (tertiary/aromatic N) is 2. The second kappa shape index (κ2) is 2.82. The quantitative estimate of drug-likeness (QED) is 0.377. The summed E-state index contributed by atoms with van der Waals surface area (Å²) in [5.41, 5.74) is 0. The molecular formula is C4H4BrIN2. The van der Waals surface area contributed by atoms with Gasteiger partial charge in [-0.05, 0) is 6.08 Å². The van der Waals surface area contributed by atoms with Gasteiger partial charge in [-0.25, -0.2) is 4.03 Å². The normalized spacial score (nSPS) is 26.8. The van der Waals surface area contributed by atoms with Gasteiger partial charge >= 0.3 is 0 Å². The van der Waals surface area contributed by atoms with Gasteiger partial charge in [-0.3, -0.25) is 0 Å². The highest BCUT2D eigenvalue weighted by molar-refractivity contribution is 14.1. The molecule has 44 valence electrons. The molecule has 1 heterocycles. The Kier molecular flexibility index (Phi) is 2.30. The molecular weight excluding hydrogens is 283 g/mol. The summed E-state index contributed by atoms with van der Waals surface area (Å²) in [6.07, 6.45) is 5.77. The standard InChI is InChI=1S/C4H4BrIN2/c5-8-2-1-4(6)3-7-8/h1-4H. The molecule has 0 fully saturated rings. The zero-order valence-corrected chi connectivity index (χ0v) is 7.70. The maximum Gasteiger partial charge on any atom is 0.0743 e. The molecule has 0 amide bonds. The average Bonchev–Trinajstić information content (AvgIpc) is 1.77. The molecule has 0 aromatic heterocycles. The van der Waals surface area contributed by atoms with Crippen molar-refractivity contribution in [3.63, 3.8) is 0 Å². The van der Waals surface area contributed by atoms with Gasteiger partial charge in [-0.1, -0.05) is 22.6 Å². The summed E-state index contributed by atoms with van der Waals surface area (Å²) in [5.74, 6) is 0. The van der Waals surface area contributed by atoms with Crippen LogP contribution in [-0.4, -0.2) is 14.2 Å². The van der Waals surface area contributed by atoms with Gasteiger partial charge in [0.05, 0.1) is 20.1 Å². The molecule has 0 aromatic carbocycles. The Morgan fingerprint density at radius 1 is 1.75 bits per heavy atom. The molecule has 0 saturated heterocycles. The van der Waals surface area contributed by atoms with Crippen molar-refractivity contribution >= 4 is 45.0 Å². The Bertz CT molecular complexity index is 106. The van der Waals surface area contributed by atoms with Crippen molar-refractivity contribution < 1.29 is 0 Å². The first-order valence-corrected chi connectivity index (χ1v) is 4.06. The van der Waals surface area contributed by atoms with E-state index in [9.17, 15) is 0 Å². The van der Waals surface area contributed by atoms with Crippen LogP contribution in [0.1, 0.15) is 0 Å². The van der Waals surface area contributed by atoms with Crippen molar-refractivity contribution in [2.45, 2.75) is 3.92 Å². The number of allylic oxidation sites excluding steroid dienone is 1. The van der Waals surface area contributed by atoms with Crippen LogP contribution in [0.4, 0.5) is 0 Å². The third kappa shape index (κ3) is 1.74. The van der Waals surface area contributed by atoms with Crippen LogP contribution in [0.3, 0.4) is 0 Å². The second-order valence-electron chi connectivity index (χ2n) is 1.34. The van der Waals surface area contributed by atoms with E-state index >= 15 is 0 Å². The summed E-state index contributed by atoms with van der Waals surface area (Å²) >= 11 is 5.44. The molecule has 2 nitrogen and oxygen atoms in total. The van der Waals surface area contributed by atoms with E-state index in [1.807, 2.05) is 18.5 Å². The summed E-state index contributed by atoms with van der Waals surface area (Å²) in [5, 5.41) is 3.94. The van der Waals surface area contributed by atoms with E-state index in [0.29, 0.717) is 3.92 Å². The van der Waals surface area contributed by atoms with E-state index in [0.717, 1.165) is 0 Å². The smallest absolute Gasteiger partial charge is 0.0743 e. The maximum absolute atomic E-state index is 3.94. The Balaban J connectivity index is 2.54. The van der Waals surface area contributed by atoms with Gasteiger partial charge < -0.3 is 0 Å². The monoisotopic (exact) mass is 286 g/mol. The molecule has 1 atom stereocenters. The molecule has 1 aliphatic rings. The Morgan fingerprint density at radius 3 is 2.88 bits per heavy atom. The minimum absolute atomic E-state index is 0.446. The van der Waals surface area contributed by atoms with Crippen molar-refractivity contribution in [1.82, 2.24) is 4.03 Å². The highest BCUT2D eigenvalue weighted by atomic mass is 127. The molecule has 4 heteroatoms. The van der Waals surface area contributed by atoms with E-state index in [1.54, 1.807) is 4.03 Å². The third-order valence-corrected chi connectivity index (χ3v) is 1.87. The fourth-order valence-corrected chi connectivity index (χ4v) is 0.941. The lowest BCUT2D eigenvalue weighted by atomic mass is 10.4. The maximum atomic E-state index is 3.94. The first kappa shape index (κ1) is 6.54. The van der Waals surface area contributed by atoms with Gasteiger partial charge in [0, 0.05) is 12.4 Å². The van der Waals surface area contributed by atoms with E-state index in [4.69, 9.17) is 0 Å². The minimum Gasteiger partial charge on any atom is -0.206 e. The number of hydrogen-bond donors (Lipinski definition) is 0. The SMILES string of the molecule is BrN1C=CC(I)C=N1. The van der Waals surface area contributed by atoms with Crippen LogP contribution in [0, 0.1) is 0 Å². The fraction of sp³-hybridized carbons (Fsp3) is 0.250.